The first kappa shape index (κ1) is 20.3. The Hall–Kier alpha value is -2.00. The molecule has 3 nitrogen and oxygen atoms in total. The van der Waals surface area contributed by atoms with E-state index < -0.39 is 0 Å². The highest BCUT2D eigenvalue weighted by atomic mass is 16.5. The SMILES string of the molecule is CC(C)(C)CC(O)CCOc1ccc(C(C)(C)c2ccc(O)cc2)cc1. The fraction of sp³-hybridized carbons (Fsp3) is 0.478. The van der Waals surface area contributed by atoms with Crippen molar-refractivity contribution in [2.75, 3.05) is 6.61 Å². The highest BCUT2D eigenvalue weighted by molar-refractivity contribution is 5.41. The smallest absolute Gasteiger partial charge is 0.119 e. The Balaban J connectivity index is 1.94. The maximum absolute atomic E-state index is 10.1. The van der Waals surface area contributed by atoms with Gasteiger partial charge in [0.25, 0.3) is 0 Å². The predicted molar refractivity (Wildman–Crippen MR) is 107 cm³/mol. The number of benzene rings is 2. The van der Waals surface area contributed by atoms with Crippen LogP contribution in [0.4, 0.5) is 0 Å². The molecule has 142 valence electrons. The summed E-state index contributed by atoms with van der Waals surface area (Å²) in [7, 11) is 0. The number of phenols is 1. The van der Waals surface area contributed by atoms with Crippen LogP contribution >= 0.6 is 0 Å². The molecule has 0 spiro atoms. The van der Waals surface area contributed by atoms with Crippen molar-refractivity contribution < 1.29 is 14.9 Å². The van der Waals surface area contributed by atoms with Gasteiger partial charge in [-0.05, 0) is 47.2 Å². The third-order valence-corrected chi connectivity index (χ3v) is 4.73. The van der Waals surface area contributed by atoms with Crippen molar-refractivity contribution in [3.63, 3.8) is 0 Å². The first-order chi connectivity index (χ1) is 12.1. The number of aliphatic hydroxyl groups is 1. The zero-order valence-corrected chi connectivity index (χ0v) is 16.6. The Labute approximate surface area is 157 Å². The first-order valence-corrected chi connectivity index (χ1v) is 9.29. The predicted octanol–water partition coefficient (Wildman–Crippen LogP) is 5.28. The number of aliphatic hydroxyl groups excluding tert-OH is 1. The van der Waals surface area contributed by atoms with Crippen molar-refractivity contribution in [3.8, 4) is 11.5 Å². The number of aromatic hydroxyl groups is 1. The van der Waals surface area contributed by atoms with Crippen molar-refractivity contribution in [1.29, 1.82) is 0 Å². The highest BCUT2D eigenvalue weighted by Crippen LogP contribution is 2.33. The summed E-state index contributed by atoms with van der Waals surface area (Å²) in [6.07, 6.45) is 1.08. The van der Waals surface area contributed by atoms with E-state index in [2.05, 4.69) is 46.8 Å². The third-order valence-electron chi connectivity index (χ3n) is 4.73. The van der Waals surface area contributed by atoms with Gasteiger partial charge in [0, 0.05) is 11.8 Å². The lowest BCUT2D eigenvalue weighted by atomic mass is 9.78. The van der Waals surface area contributed by atoms with Crippen molar-refractivity contribution in [3.05, 3.63) is 59.7 Å². The second-order valence-electron chi connectivity index (χ2n) is 8.75. The van der Waals surface area contributed by atoms with Gasteiger partial charge < -0.3 is 14.9 Å². The molecule has 1 unspecified atom stereocenters. The maximum Gasteiger partial charge on any atom is 0.119 e. The van der Waals surface area contributed by atoms with Crippen LogP contribution in [0.2, 0.25) is 0 Å². The molecule has 0 aliphatic rings. The Morgan fingerprint density at radius 1 is 0.846 bits per heavy atom. The summed E-state index contributed by atoms with van der Waals surface area (Å²) in [5.41, 5.74) is 2.30. The summed E-state index contributed by atoms with van der Waals surface area (Å²) in [6.45, 7) is 11.2. The topological polar surface area (TPSA) is 49.7 Å². The van der Waals surface area contributed by atoms with E-state index in [0.29, 0.717) is 13.0 Å². The normalized spacial score (nSPS) is 13.5. The van der Waals surface area contributed by atoms with Gasteiger partial charge in [-0.2, -0.15) is 0 Å². The molecule has 0 saturated heterocycles. The van der Waals surface area contributed by atoms with E-state index in [-0.39, 0.29) is 22.7 Å². The zero-order valence-electron chi connectivity index (χ0n) is 16.6. The number of rotatable bonds is 7. The van der Waals surface area contributed by atoms with E-state index in [9.17, 15) is 10.2 Å². The Morgan fingerprint density at radius 3 is 1.85 bits per heavy atom. The molecule has 2 N–H and O–H groups in total. The van der Waals surface area contributed by atoms with Gasteiger partial charge >= 0.3 is 0 Å². The highest BCUT2D eigenvalue weighted by Gasteiger charge is 2.23. The van der Waals surface area contributed by atoms with Crippen LogP contribution in [0.5, 0.6) is 11.5 Å². The molecular weight excluding hydrogens is 324 g/mol. The summed E-state index contributed by atoms with van der Waals surface area (Å²) < 4.78 is 5.79. The van der Waals surface area contributed by atoms with Crippen LogP contribution in [-0.2, 0) is 5.41 Å². The van der Waals surface area contributed by atoms with Crippen LogP contribution in [-0.4, -0.2) is 22.9 Å². The summed E-state index contributed by atoms with van der Waals surface area (Å²) in [4.78, 5) is 0. The minimum atomic E-state index is -0.331. The van der Waals surface area contributed by atoms with Gasteiger partial charge in [0.15, 0.2) is 0 Å². The number of ether oxygens (including phenoxy) is 1. The fourth-order valence-corrected chi connectivity index (χ4v) is 3.13. The molecule has 2 aromatic rings. The summed E-state index contributed by atoms with van der Waals surface area (Å²) in [5, 5.41) is 19.5. The standard InChI is InChI=1S/C23H32O3/c1-22(2,3)16-20(25)14-15-26-21-12-8-18(9-13-21)23(4,5)17-6-10-19(24)11-7-17/h6-13,20,24-25H,14-16H2,1-5H3. The molecule has 0 fully saturated rings. The van der Waals surface area contributed by atoms with Gasteiger partial charge in [-0.1, -0.05) is 58.9 Å². The van der Waals surface area contributed by atoms with Crippen LogP contribution < -0.4 is 4.74 Å². The minimum absolute atomic E-state index is 0.126. The van der Waals surface area contributed by atoms with E-state index in [4.69, 9.17) is 4.74 Å². The van der Waals surface area contributed by atoms with Crippen molar-refractivity contribution in [2.45, 2.75) is 59.0 Å². The van der Waals surface area contributed by atoms with E-state index in [0.717, 1.165) is 17.7 Å². The maximum atomic E-state index is 10.1. The summed E-state index contributed by atoms with van der Waals surface area (Å²) >= 11 is 0. The van der Waals surface area contributed by atoms with Crippen molar-refractivity contribution in [1.82, 2.24) is 0 Å². The van der Waals surface area contributed by atoms with Crippen LogP contribution in [0.25, 0.3) is 0 Å². The van der Waals surface area contributed by atoms with Gasteiger partial charge in [-0.15, -0.1) is 0 Å². The minimum Gasteiger partial charge on any atom is -0.508 e. The molecular formula is C23H32O3. The largest absolute Gasteiger partial charge is 0.508 e. The lowest BCUT2D eigenvalue weighted by molar-refractivity contribution is 0.0965. The van der Waals surface area contributed by atoms with Crippen LogP contribution in [0.15, 0.2) is 48.5 Å². The van der Waals surface area contributed by atoms with Crippen molar-refractivity contribution >= 4 is 0 Å². The summed E-state index contributed by atoms with van der Waals surface area (Å²) in [6, 6.07) is 15.5. The second-order valence-corrected chi connectivity index (χ2v) is 8.75. The fourth-order valence-electron chi connectivity index (χ4n) is 3.13. The average molecular weight is 357 g/mol. The molecule has 2 rings (SSSR count). The third kappa shape index (κ3) is 5.77. The molecule has 26 heavy (non-hydrogen) atoms. The van der Waals surface area contributed by atoms with Crippen LogP contribution in [0.1, 0.15) is 58.6 Å². The Kier molecular flexibility index (Phi) is 6.35. The molecule has 0 aliphatic heterocycles. The van der Waals surface area contributed by atoms with E-state index >= 15 is 0 Å². The molecule has 1 atom stereocenters. The average Bonchev–Trinajstić information content (AvgIpc) is 2.54. The van der Waals surface area contributed by atoms with Gasteiger partial charge in [-0.25, -0.2) is 0 Å². The Bertz CT molecular complexity index is 679. The molecule has 3 heteroatoms. The summed E-state index contributed by atoms with van der Waals surface area (Å²) in [5.74, 6) is 1.10. The zero-order chi connectivity index (χ0) is 19.4. The molecule has 0 radical (unpaired) electrons. The molecule has 0 heterocycles. The van der Waals surface area contributed by atoms with Crippen molar-refractivity contribution in [2.24, 2.45) is 5.41 Å². The van der Waals surface area contributed by atoms with E-state index in [1.165, 1.54) is 5.56 Å². The molecule has 0 bridgehead atoms. The monoisotopic (exact) mass is 356 g/mol. The molecule has 0 aromatic heterocycles. The molecule has 0 saturated carbocycles. The van der Waals surface area contributed by atoms with E-state index in [1.54, 1.807) is 12.1 Å². The molecule has 2 aromatic carbocycles. The van der Waals surface area contributed by atoms with Gasteiger partial charge in [-0.3, -0.25) is 0 Å². The van der Waals surface area contributed by atoms with E-state index in [1.807, 2.05) is 24.3 Å². The number of hydrogen-bond acceptors (Lipinski definition) is 3. The quantitative estimate of drug-likeness (QED) is 0.709. The first-order valence-electron chi connectivity index (χ1n) is 9.29. The molecule has 0 aliphatic carbocycles. The second kappa shape index (κ2) is 8.13. The Morgan fingerprint density at radius 2 is 1.35 bits per heavy atom. The van der Waals surface area contributed by atoms with Crippen LogP contribution in [0.3, 0.4) is 0 Å². The van der Waals surface area contributed by atoms with Gasteiger partial charge in [0.05, 0.1) is 12.7 Å². The van der Waals surface area contributed by atoms with Gasteiger partial charge in [0.1, 0.15) is 11.5 Å². The van der Waals surface area contributed by atoms with Crippen LogP contribution in [0, 0.1) is 5.41 Å². The lowest BCUT2D eigenvalue weighted by Crippen LogP contribution is -2.20. The van der Waals surface area contributed by atoms with Gasteiger partial charge in [0.2, 0.25) is 0 Å². The lowest BCUT2D eigenvalue weighted by Gasteiger charge is -2.26. The number of hydrogen-bond donors (Lipinski definition) is 2. The number of phenolic OH excluding ortho intramolecular Hbond substituents is 1. The molecule has 0 amide bonds.